The maximum absolute atomic E-state index is 11.8. The van der Waals surface area contributed by atoms with Crippen molar-refractivity contribution in [3.63, 3.8) is 0 Å². The van der Waals surface area contributed by atoms with E-state index in [9.17, 15) is 4.79 Å². The van der Waals surface area contributed by atoms with Gasteiger partial charge in [0.15, 0.2) is 0 Å². The van der Waals surface area contributed by atoms with Crippen LogP contribution < -0.4 is 5.32 Å². The minimum atomic E-state index is -2.64. The molecule has 1 amide bonds. The van der Waals surface area contributed by atoms with Gasteiger partial charge in [0, 0.05) is 39.5 Å². The average molecular weight is 426 g/mol. The molecule has 0 spiro atoms. The van der Waals surface area contributed by atoms with E-state index in [1.165, 1.54) is 0 Å². The van der Waals surface area contributed by atoms with E-state index in [4.69, 9.17) is 32.2 Å². The van der Waals surface area contributed by atoms with E-state index in [0.717, 1.165) is 6.42 Å². The van der Waals surface area contributed by atoms with Crippen LogP contribution >= 0.6 is 0 Å². The molecule has 0 aromatic carbocycles. The highest BCUT2D eigenvalue weighted by Crippen LogP contribution is 2.17. The Bertz CT molecular complexity index is 345. The van der Waals surface area contributed by atoms with Crippen LogP contribution in [0.25, 0.3) is 0 Å². The zero-order valence-electron chi connectivity index (χ0n) is 18.0. The Morgan fingerprint density at radius 1 is 0.786 bits per heavy atom. The molecular formula is C18H39NO8Si. The van der Waals surface area contributed by atoms with Gasteiger partial charge in [-0.1, -0.05) is 0 Å². The molecule has 0 aromatic rings. The van der Waals surface area contributed by atoms with Gasteiger partial charge in [0.1, 0.15) is 6.61 Å². The Morgan fingerprint density at radius 3 is 1.79 bits per heavy atom. The van der Waals surface area contributed by atoms with E-state index in [1.54, 1.807) is 7.11 Å². The lowest BCUT2D eigenvalue weighted by Gasteiger charge is -2.28. The first-order valence-corrected chi connectivity index (χ1v) is 12.0. The average Bonchev–Trinajstić information content (AvgIpc) is 2.67. The molecule has 0 unspecified atom stereocenters. The summed E-state index contributed by atoms with van der Waals surface area (Å²) in [6, 6.07) is 0.671. The standard InChI is InChI=1S/C18H39NO8Si/c1-5-25-28(26-6-2,27-7-3)16-8-9-19-18(20)17-24-15-14-23-13-12-22-11-10-21-4/h5-17H2,1-4H3,(H,19,20). The molecule has 28 heavy (non-hydrogen) atoms. The first kappa shape index (κ1) is 27.4. The number of nitrogens with one attached hydrogen (secondary N) is 1. The van der Waals surface area contributed by atoms with Crippen molar-refractivity contribution >= 4 is 14.7 Å². The summed E-state index contributed by atoms with van der Waals surface area (Å²) >= 11 is 0. The van der Waals surface area contributed by atoms with E-state index in [0.29, 0.717) is 72.1 Å². The summed E-state index contributed by atoms with van der Waals surface area (Å²) in [6.45, 7) is 10.9. The number of amides is 1. The SMILES string of the molecule is CCO[Si](CCCNC(=O)COCCOCCOCCOC)(OCC)OCC. The van der Waals surface area contributed by atoms with E-state index >= 15 is 0 Å². The molecular weight excluding hydrogens is 386 g/mol. The molecule has 0 rings (SSSR count). The highest BCUT2D eigenvalue weighted by atomic mass is 28.4. The highest BCUT2D eigenvalue weighted by molar-refractivity contribution is 6.60. The van der Waals surface area contributed by atoms with Crippen LogP contribution in [-0.4, -0.2) is 94.4 Å². The predicted molar refractivity (Wildman–Crippen MR) is 107 cm³/mol. The lowest BCUT2D eigenvalue weighted by molar-refractivity contribution is -0.126. The number of carbonyl (C=O) groups excluding carboxylic acids is 1. The van der Waals surface area contributed by atoms with Gasteiger partial charge in [-0.3, -0.25) is 4.79 Å². The topological polar surface area (TPSA) is 93.7 Å². The Kier molecular flexibility index (Phi) is 19.3. The van der Waals surface area contributed by atoms with E-state index in [2.05, 4.69) is 5.32 Å². The van der Waals surface area contributed by atoms with Gasteiger partial charge in [0.05, 0.1) is 39.6 Å². The molecule has 0 heterocycles. The van der Waals surface area contributed by atoms with Crippen molar-refractivity contribution in [2.45, 2.75) is 33.2 Å². The largest absolute Gasteiger partial charge is 0.500 e. The van der Waals surface area contributed by atoms with Crippen LogP contribution in [-0.2, 0) is 37.0 Å². The van der Waals surface area contributed by atoms with Crippen LogP contribution in [0.4, 0.5) is 0 Å². The smallest absolute Gasteiger partial charge is 0.382 e. The molecule has 0 fully saturated rings. The molecule has 9 nitrogen and oxygen atoms in total. The molecule has 0 saturated carbocycles. The fourth-order valence-electron chi connectivity index (χ4n) is 2.33. The van der Waals surface area contributed by atoms with Crippen molar-refractivity contribution in [3.05, 3.63) is 0 Å². The van der Waals surface area contributed by atoms with Crippen molar-refractivity contribution in [2.75, 3.05) is 79.7 Å². The number of rotatable bonds is 21. The number of hydrogen-bond acceptors (Lipinski definition) is 8. The van der Waals surface area contributed by atoms with Gasteiger partial charge >= 0.3 is 8.80 Å². The third kappa shape index (κ3) is 15.3. The predicted octanol–water partition coefficient (Wildman–Crippen LogP) is 1.24. The molecule has 0 saturated heterocycles. The van der Waals surface area contributed by atoms with E-state index in [1.807, 2.05) is 20.8 Å². The lowest BCUT2D eigenvalue weighted by atomic mass is 10.4. The van der Waals surface area contributed by atoms with Crippen molar-refractivity contribution in [1.82, 2.24) is 5.32 Å². The van der Waals surface area contributed by atoms with Crippen molar-refractivity contribution in [3.8, 4) is 0 Å². The van der Waals surface area contributed by atoms with E-state index < -0.39 is 8.80 Å². The summed E-state index contributed by atoms with van der Waals surface area (Å²) in [4.78, 5) is 11.8. The second kappa shape index (κ2) is 19.7. The molecule has 0 radical (unpaired) electrons. The minimum absolute atomic E-state index is 0.0125. The van der Waals surface area contributed by atoms with Gasteiger partial charge in [-0.25, -0.2) is 0 Å². The fraction of sp³-hybridized carbons (Fsp3) is 0.944. The fourth-order valence-corrected chi connectivity index (χ4v) is 4.94. The monoisotopic (exact) mass is 425 g/mol. The molecule has 10 heteroatoms. The Morgan fingerprint density at radius 2 is 1.29 bits per heavy atom. The van der Waals surface area contributed by atoms with Crippen LogP contribution in [0.3, 0.4) is 0 Å². The number of carbonyl (C=O) groups is 1. The van der Waals surface area contributed by atoms with Gasteiger partial charge < -0.3 is 37.5 Å². The second-order valence-corrected chi connectivity index (χ2v) is 8.44. The summed E-state index contributed by atoms with van der Waals surface area (Å²) in [6.07, 6.45) is 0.726. The second-order valence-electron chi connectivity index (χ2n) is 5.71. The lowest BCUT2D eigenvalue weighted by Crippen LogP contribution is -2.46. The summed E-state index contributed by atoms with van der Waals surface area (Å²) in [5, 5.41) is 2.83. The first-order valence-electron chi connectivity index (χ1n) is 10.0. The van der Waals surface area contributed by atoms with Gasteiger partial charge in [0.2, 0.25) is 5.91 Å². The van der Waals surface area contributed by atoms with Crippen LogP contribution in [0.1, 0.15) is 27.2 Å². The third-order valence-corrected chi connectivity index (χ3v) is 6.64. The van der Waals surface area contributed by atoms with E-state index in [-0.39, 0.29) is 12.5 Å². The van der Waals surface area contributed by atoms with Crippen LogP contribution in [0.5, 0.6) is 0 Å². The molecule has 0 aliphatic heterocycles. The van der Waals surface area contributed by atoms with Gasteiger partial charge in [-0.2, -0.15) is 0 Å². The Hall–Kier alpha value is -0.593. The minimum Gasteiger partial charge on any atom is -0.382 e. The zero-order valence-corrected chi connectivity index (χ0v) is 19.0. The molecule has 0 aromatic heterocycles. The summed E-state index contributed by atoms with van der Waals surface area (Å²) in [5.41, 5.74) is 0. The van der Waals surface area contributed by atoms with Crippen molar-refractivity contribution < 1.29 is 37.0 Å². The van der Waals surface area contributed by atoms with Crippen molar-refractivity contribution in [1.29, 1.82) is 0 Å². The number of methoxy groups -OCH3 is 1. The number of hydrogen-bond donors (Lipinski definition) is 1. The molecule has 0 atom stereocenters. The summed E-state index contributed by atoms with van der Waals surface area (Å²) in [5.74, 6) is -0.153. The van der Waals surface area contributed by atoms with Crippen molar-refractivity contribution in [2.24, 2.45) is 0 Å². The summed E-state index contributed by atoms with van der Waals surface area (Å²) < 4.78 is 38.1. The Balaban J connectivity index is 3.70. The molecule has 0 aliphatic carbocycles. The van der Waals surface area contributed by atoms with Crippen LogP contribution in [0, 0.1) is 0 Å². The maximum atomic E-state index is 11.8. The highest BCUT2D eigenvalue weighted by Gasteiger charge is 2.39. The van der Waals surface area contributed by atoms with Gasteiger partial charge in [-0.05, 0) is 27.2 Å². The molecule has 0 aliphatic rings. The molecule has 1 N–H and O–H groups in total. The Labute approximate surface area is 170 Å². The first-order chi connectivity index (χ1) is 13.6. The maximum Gasteiger partial charge on any atom is 0.500 e. The molecule has 168 valence electrons. The van der Waals surface area contributed by atoms with Crippen LogP contribution in [0.15, 0.2) is 0 Å². The van der Waals surface area contributed by atoms with Gasteiger partial charge in [0.25, 0.3) is 0 Å². The number of ether oxygens (including phenoxy) is 4. The summed E-state index contributed by atoms with van der Waals surface area (Å²) in [7, 11) is -1.01. The van der Waals surface area contributed by atoms with Crippen LogP contribution in [0.2, 0.25) is 6.04 Å². The normalized spacial score (nSPS) is 11.7. The van der Waals surface area contributed by atoms with Gasteiger partial charge in [-0.15, -0.1) is 0 Å². The molecule has 0 bridgehead atoms. The third-order valence-electron chi connectivity index (χ3n) is 3.48. The quantitative estimate of drug-likeness (QED) is 0.217. The zero-order chi connectivity index (χ0) is 20.9.